The van der Waals surface area contributed by atoms with E-state index in [4.69, 9.17) is 0 Å². The molecule has 0 rings (SSSR count). The van der Waals surface area contributed by atoms with Crippen LogP contribution in [0.3, 0.4) is 0 Å². The van der Waals surface area contributed by atoms with Crippen molar-refractivity contribution in [2.45, 2.75) is 89.1 Å². The predicted octanol–water partition coefficient (Wildman–Crippen LogP) is 2.51. The lowest BCUT2D eigenvalue weighted by Crippen LogP contribution is -2.73. The normalized spacial score (nSPS) is 15.5. The lowest BCUT2D eigenvalue weighted by atomic mass is 9.81. The van der Waals surface area contributed by atoms with Crippen molar-refractivity contribution in [2.24, 2.45) is 0 Å². The van der Waals surface area contributed by atoms with Crippen LogP contribution >= 0.6 is 0 Å². The summed E-state index contributed by atoms with van der Waals surface area (Å²) >= 11 is 0. The molecule has 0 aliphatic carbocycles. The van der Waals surface area contributed by atoms with E-state index in [0.29, 0.717) is 12.8 Å². The van der Waals surface area contributed by atoms with E-state index in [1.54, 1.807) is 40.1 Å². The van der Waals surface area contributed by atoms with Gasteiger partial charge in [0.25, 0.3) is 0 Å². The predicted molar refractivity (Wildman–Crippen MR) is 107 cm³/mol. The van der Waals surface area contributed by atoms with Gasteiger partial charge in [0.05, 0.1) is 21.1 Å². The second kappa shape index (κ2) is 12.3. The number of unbranched alkanes of at least 4 members (excludes halogenated alkanes) is 9. The SMILES string of the molecule is CCCCCCCCCCCCC(C(=O)O)(C(C(=O)[O-])[N+](C)(C)C)N(C)C. The zero-order chi connectivity index (χ0) is 21.1. The third-order valence-electron chi connectivity index (χ3n) is 5.53. The first-order valence-corrected chi connectivity index (χ1v) is 10.4. The van der Waals surface area contributed by atoms with Gasteiger partial charge in [-0.05, 0) is 20.5 Å². The van der Waals surface area contributed by atoms with Gasteiger partial charge in [0.15, 0.2) is 11.6 Å². The lowest BCUT2D eigenvalue weighted by Gasteiger charge is -2.48. The Morgan fingerprint density at radius 3 is 1.63 bits per heavy atom. The monoisotopic (exact) mass is 386 g/mol. The van der Waals surface area contributed by atoms with Crippen LogP contribution in [0.25, 0.3) is 0 Å². The Bertz CT molecular complexity index is 446. The molecule has 6 nitrogen and oxygen atoms in total. The number of rotatable bonds is 16. The van der Waals surface area contributed by atoms with E-state index < -0.39 is 23.5 Å². The first kappa shape index (κ1) is 25.9. The molecule has 0 aliphatic heterocycles. The number of carbonyl (C=O) groups excluding carboxylic acids is 1. The molecule has 0 radical (unpaired) electrons. The van der Waals surface area contributed by atoms with Crippen molar-refractivity contribution in [1.29, 1.82) is 0 Å². The van der Waals surface area contributed by atoms with Crippen molar-refractivity contribution in [1.82, 2.24) is 4.90 Å². The van der Waals surface area contributed by atoms with Gasteiger partial charge in [-0.3, -0.25) is 4.90 Å². The number of aliphatic carboxylic acids is 2. The molecule has 0 spiro atoms. The lowest BCUT2D eigenvalue weighted by molar-refractivity contribution is -0.894. The highest BCUT2D eigenvalue weighted by Gasteiger charge is 2.54. The minimum absolute atomic E-state index is 0.00454. The summed E-state index contributed by atoms with van der Waals surface area (Å²) in [5, 5.41) is 21.8. The minimum atomic E-state index is -1.47. The molecular weight excluding hydrogens is 344 g/mol. The number of carboxylic acid groups (broad SMARTS) is 2. The molecule has 0 saturated heterocycles. The second-order valence-electron chi connectivity index (χ2n) is 8.89. The molecule has 1 N–H and O–H groups in total. The van der Waals surface area contributed by atoms with Gasteiger partial charge >= 0.3 is 5.97 Å². The highest BCUT2D eigenvalue weighted by molar-refractivity contribution is 5.87. The number of hydrogen-bond donors (Lipinski definition) is 1. The van der Waals surface area contributed by atoms with E-state index in [0.717, 1.165) is 19.3 Å². The zero-order valence-electron chi connectivity index (χ0n) is 18.4. The average molecular weight is 387 g/mol. The van der Waals surface area contributed by atoms with E-state index in [2.05, 4.69) is 6.92 Å². The molecule has 0 bridgehead atoms. The summed E-state index contributed by atoms with van der Waals surface area (Å²) in [5.74, 6) is -2.41. The summed E-state index contributed by atoms with van der Waals surface area (Å²) < 4.78 is 0.00454. The molecular formula is C21H42N2O4. The van der Waals surface area contributed by atoms with Gasteiger partial charge in [-0.15, -0.1) is 0 Å². The number of carboxylic acids is 2. The topological polar surface area (TPSA) is 80.7 Å². The maximum atomic E-state index is 12.2. The number of hydrogen-bond acceptors (Lipinski definition) is 4. The Hall–Kier alpha value is -1.14. The summed E-state index contributed by atoms with van der Waals surface area (Å²) in [6.45, 7) is 2.22. The first-order valence-electron chi connectivity index (χ1n) is 10.4. The zero-order valence-corrected chi connectivity index (χ0v) is 18.4. The summed E-state index contributed by atoms with van der Waals surface area (Å²) in [5.41, 5.74) is -1.47. The number of quaternary nitrogens is 1. The Balaban J connectivity index is 4.74. The van der Waals surface area contributed by atoms with Gasteiger partial charge in [0, 0.05) is 0 Å². The van der Waals surface area contributed by atoms with Crippen LogP contribution in [-0.4, -0.2) is 73.2 Å². The van der Waals surface area contributed by atoms with Crippen LogP contribution in [0, 0.1) is 0 Å². The molecule has 0 aromatic heterocycles. The molecule has 2 unspecified atom stereocenters. The van der Waals surface area contributed by atoms with Crippen molar-refractivity contribution in [3.05, 3.63) is 0 Å². The summed E-state index contributed by atoms with van der Waals surface area (Å²) in [6.07, 6.45) is 11.8. The summed E-state index contributed by atoms with van der Waals surface area (Å²) in [6, 6.07) is -1.15. The summed E-state index contributed by atoms with van der Waals surface area (Å²) in [4.78, 5) is 25.6. The Morgan fingerprint density at radius 1 is 0.926 bits per heavy atom. The molecule has 0 aromatic rings. The van der Waals surface area contributed by atoms with Gasteiger partial charge in [-0.25, -0.2) is 4.79 Å². The number of likely N-dealkylation sites (N-methyl/N-ethyl adjacent to an activating group) is 2. The van der Waals surface area contributed by atoms with E-state index in [-0.39, 0.29) is 4.48 Å². The van der Waals surface area contributed by atoms with Gasteiger partial charge in [0.2, 0.25) is 0 Å². The molecule has 6 heteroatoms. The van der Waals surface area contributed by atoms with Crippen LogP contribution in [0.5, 0.6) is 0 Å². The first-order chi connectivity index (χ1) is 12.5. The summed E-state index contributed by atoms with van der Waals surface area (Å²) in [7, 11) is 8.42. The molecule has 27 heavy (non-hydrogen) atoms. The molecule has 0 fully saturated rings. The maximum Gasteiger partial charge on any atom is 0.330 e. The Morgan fingerprint density at radius 2 is 1.33 bits per heavy atom. The Kier molecular flexibility index (Phi) is 11.8. The molecule has 0 saturated carbocycles. The molecule has 2 atom stereocenters. The maximum absolute atomic E-state index is 12.2. The van der Waals surface area contributed by atoms with Gasteiger partial charge in [-0.2, -0.15) is 0 Å². The second-order valence-corrected chi connectivity index (χ2v) is 8.89. The van der Waals surface area contributed by atoms with Crippen LogP contribution in [0.2, 0.25) is 0 Å². The van der Waals surface area contributed by atoms with E-state index in [1.165, 1.54) is 38.5 Å². The number of nitrogens with zero attached hydrogens (tertiary/aromatic N) is 2. The third kappa shape index (κ3) is 8.18. The van der Waals surface area contributed by atoms with Crippen molar-refractivity contribution < 1.29 is 24.3 Å². The fraction of sp³-hybridized carbons (Fsp3) is 0.905. The van der Waals surface area contributed by atoms with Crippen molar-refractivity contribution in [2.75, 3.05) is 35.2 Å². The minimum Gasteiger partial charge on any atom is -0.544 e. The molecule has 0 aromatic carbocycles. The van der Waals surface area contributed by atoms with Gasteiger partial charge in [0.1, 0.15) is 5.97 Å². The highest BCUT2D eigenvalue weighted by atomic mass is 16.4. The van der Waals surface area contributed by atoms with Crippen molar-refractivity contribution in [3.8, 4) is 0 Å². The highest BCUT2D eigenvalue weighted by Crippen LogP contribution is 2.30. The smallest absolute Gasteiger partial charge is 0.330 e. The number of carbonyl (C=O) groups is 2. The van der Waals surface area contributed by atoms with E-state index in [1.807, 2.05) is 0 Å². The largest absolute Gasteiger partial charge is 0.544 e. The standard InChI is InChI=1S/C21H42N2O4/c1-7-8-9-10-11-12-13-14-15-16-17-21(20(26)27,22(2)3)18(19(24)25)23(4,5)6/h18H,7-17H2,1-6H3,(H-,24,25,26,27). The van der Waals surface area contributed by atoms with Crippen LogP contribution in [0.1, 0.15) is 77.6 Å². The molecule has 0 aliphatic rings. The van der Waals surface area contributed by atoms with E-state index in [9.17, 15) is 19.8 Å². The fourth-order valence-electron chi connectivity index (χ4n) is 4.05. The van der Waals surface area contributed by atoms with Crippen molar-refractivity contribution in [3.63, 3.8) is 0 Å². The van der Waals surface area contributed by atoms with Crippen LogP contribution in [0.4, 0.5) is 0 Å². The fourth-order valence-corrected chi connectivity index (χ4v) is 4.05. The van der Waals surface area contributed by atoms with Gasteiger partial charge in [-0.1, -0.05) is 71.1 Å². The molecule has 160 valence electrons. The molecule has 0 amide bonds. The van der Waals surface area contributed by atoms with Gasteiger partial charge < -0.3 is 19.5 Å². The van der Waals surface area contributed by atoms with Crippen LogP contribution in [-0.2, 0) is 9.59 Å². The quantitative estimate of drug-likeness (QED) is 0.326. The average Bonchev–Trinajstić information content (AvgIpc) is 2.53. The molecule has 0 heterocycles. The van der Waals surface area contributed by atoms with Crippen LogP contribution < -0.4 is 5.11 Å². The third-order valence-corrected chi connectivity index (χ3v) is 5.53. The van der Waals surface area contributed by atoms with Crippen molar-refractivity contribution >= 4 is 11.9 Å². The van der Waals surface area contributed by atoms with Crippen LogP contribution in [0.15, 0.2) is 0 Å². The Labute approximate surface area is 166 Å². The van der Waals surface area contributed by atoms with E-state index >= 15 is 0 Å².